The van der Waals surface area contributed by atoms with Crippen molar-refractivity contribution in [1.29, 1.82) is 0 Å². The molecule has 2 saturated carbocycles. The summed E-state index contributed by atoms with van der Waals surface area (Å²) < 4.78 is 31.8. The molecule has 8 nitrogen and oxygen atoms in total. The minimum absolute atomic E-state index is 0. The van der Waals surface area contributed by atoms with Crippen LogP contribution in [-0.4, -0.2) is 93.6 Å². The van der Waals surface area contributed by atoms with Crippen LogP contribution in [0.5, 0.6) is 0 Å². The first-order chi connectivity index (χ1) is 21.5. The Morgan fingerprint density at radius 1 is 0.667 bits per heavy atom. The van der Waals surface area contributed by atoms with Gasteiger partial charge in [-0.05, 0) is 99.4 Å². The summed E-state index contributed by atoms with van der Waals surface area (Å²) >= 11 is 0. The van der Waals surface area contributed by atoms with E-state index in [4.69, 9.17) is 23.4 Å². The van der Waals surface area contributed by atoms with Crippen LogP contribution in [0.4, 0.5) is 0 Å². The Hall–Kier alpha value is -1.23. The van der Waals surface area contributed by atoms with Crippen LogP contribution in [0.25, 0.3) is 0 Å². The minimum Gasteiger partial charge on any atom is -0.399 e. The van der Waals surface area contributed by atoms with E-state index in [0.29, 0.717) is 0 Å². The second-order valence-electron chi connectivity index (χ2n) is 12.2. The molecule has 3 heterocycles. The van der Waals surface area contributed by atoms with Gasteiger partial charge in [-0.25, -0.2) is 0 Å². The van der Waals surface area contributed by atoms with Gasteiger partial charge in [-0.15, -0.1) is 0 Å². The van der Waals surface area contributed by atoms with E-state index < -0.39 is 44.9 Å². The molecule has 0 amide bonds. The van der Waals surface area contributed by atoms with Crippen LogP contribution in [0.1, 0.15) is 11.1 Å². The zero-order valence-electron chi connectivity index (χ0n) is 25.6. The Kier molecular flexibility index (Phi) is 11.5. The predicted molar refractivity (Wildman–Crippen MR) is 169 cm³/mol. The van der Waals surface area contributed by atoms with Gasteiger partial charge in [0, 0.05) is 26.2 Å². The molecule has 5 atom stereocenters. The van der Waals surface area contributed by atoms with E-state index in [-0.39, 0.29) is 23.7 Å². The van der Waals surface area contributed by atoms with Crippen LogP contribution in [0.3, 0.4) is 0 Å². The summed E-state index contributed by atoms with van der Waals surface area (Å²) in [7, 11) is 3.01. The largest absolute Gasteiger partial charge is 2.00 e. The predicted octanol–water partition coefficient (Wildman–Crippen LogP) is 1.37. The number of hydrogen-bond donors (Lipinski definition) is 1. The average Bonchev–Trinajstić information content (AvgIpc) is 3.84. The Balaban J connectivity index is 0.00000357. The van der Waals surface area contributed by atoms with Crippen LogP contribution in [0.2, 0.25) is 0 Å². The summed E-state index contributed by atoms with van der Waals surface area (Å²) in [5.74, 6) is 2.59. The van der Waals surface area contributed by atoms with E-state index in [1.54, 1.807) is 0 Å². The molecule has 0 unspecified atom stereocenters. The Bertz CT molecular complexity index is 1230. The third-order valence-electron chi connectivity index (χ3n) is 8.69. The number of benzene rings is 2. The van der Waals surface area contributed by atoms with Crippen LogP contribution in [0, 0.1) is 63.2 Å². The molecule has 7 rings (SSSR count). The number of hydrogen-bond acceptors (Lipinski definition) is 8. The Morgan fingerprint density at radius 3 is 1.96 bits per heavy atom. The fourth-order valence-electron chi connectivity index (χ4n) is 6.58. The second-order valence-corrected chi connectivity index (χ2v) is 12.2. The number of nitrogens with zero attached hydrogens (tertiary/aromatic N) is 2. The third-order valence-corrected chi connectivity index (χ3v) is 8.69. The van der Waals surface area contributed by atoms with Gasteiger partial charge in [0.05, 0.1) is 12.7 Å². The van der Waals surface area contributed by atoms with Gasteiger partial charge in [-0.2, -0.15) is 0 Å². The van der Waals surface area contributed by atoms with E-state index in [0.717, 1.165) is 42.7 Å². The first-order valence-corrected chi connectivity index (χ1v) is 15.4. The minimum atomic E-state index is -0.661. The molecule has 45 heavy (non-hydrogen) atoms. The molecule has 5 aliphatic rings. The fourth-order valence-corrected chi connectivity index (χ4v) is 6.58. The van der Waals surface area contributed by atoms with Gasteiger partial charge in [-0.3, -0.25) is 0 Å². The third kappa shape index (κ3) is 7.75. The van der Waals surface area contributed by atoms with Gasteiger partial charge in [0.1, 0.15) is 18.3 Å². The zero-order valence-corrected chi connectivity index (χ0v) is 26.7. The summed E-state index contributed by atoms with van der Waals surface area (Å²) in [6.45, 7) is 3.13. The summed E-state index contributed by atoms with van der Waals surface area (Å²) in [5, 5.41) is 10.3. The van der Waals surface area contributed by atoms with Crippen molar-refractivity contribution in [2.24, 2.45) is 0 Å². The van der Waals surface area contributed by atoms with Gasteiger partial charge in [-0.1, -0.05) is 48.5 Å². The maximum Gasteiger partial charge on any atom is 2.00 e. The van der Waals surface area contributed by atoms with E-state index in [1.165, 1.54) is 17.4 Å². The smallest absolute Gasteiger partial charge is 0.399 e. The molecule has 3 aliphatic heterocycles. The number of rotatable bonds is 11. The zero-order chi connectivity index (χ0) is 30.0. The van der Waals surface area contributed by atoms with Crippen LogP contribution in [-0.2, 0) is 53.5 Å². The second kappa shape index (κ2) is 15.3. The first-order valence-electron chi connectivity index (χ1n) is 15.4. The molecule has 11 heteroatoms. The van der Waals surface area contributed by atoms with E-state index in [9.17, 15) is 5.11 Å². The molecule has 0 spiro atoms. The maximum absolute atomic E-state index is 10.3. The van der Waals surface area contributed by atoms with Crippen molar-refractivity contribution in [3.05, 3.63) is 123 Å². The van der Waals surface area contributed by atoms with Gasteiger partial charge >= 0.3 is 31.3 Å². The van der Waals surface area contributed by atoms with Crippen molar-refractivity contribution in [2.45, 2.75) is 43.8 Å². The Labute approximate surface area is 280 Å². The van der Waals surface area contributed by atoms with Crippen molar-refractivity contribution < 1.29 is 45.5 Å². The molecule has 0 bridgehead atoms. The topological polar surface area (TPSA) is 72.9 Å². The maximum atomic E-state index is 10.3. The summed E-state index contributed by atoms with van der Waals surface area (Å²) in [4.78, 5) is 4.56. The molecule has 2 aromatic carbocycles. The molecule has 3 saturated heterocycles. The van der Waals surface area contributed by atoms with Gasteiger partial charge in [0.15, 0.2) is 6.29 Å². The Morgan fingerprint density at radius 2 is 1.29 bits per heavy atom. The van der Waals surface area contributed by atoms with Gasteiger partial charge in [0.25, 0.3) is 0 Å². The van der Waals surface area contributed by atoms with Crippen LogP contribution in [0.15, 0.2) is 48.5 Å². The molecular weight excluding hydrogens is 610 g/mol. The number of ether oxygens (including phenoxy) is 1. The summed E-state index contributed by atoms with van der Waals surface area (Å²) in [6.07, 6.45) is 14.3. The molecule has 2 aromatic rings. The summed E-state index contributed by atoms with van der Waals surface area (Å²) in [5.41, 5.74) is 4.20. The van der Waals surface area contributed by atoms with Gasteiger partial charge < -0.3 is 38.3 Å². The first kappa shape index (κ1) is 33.7. The number of fused-ring (bicyclic) bond motifs is 3. The molecule has 232 valence electrons. The fraction of sp³-hybridized carbons (Fsp3) is 0.353. The van der Waals surface area contributed by atoms with E-state index in [1.807, 2.05) is 18.2 Å². The molecule has 10 radical (unpaired) electrons. The van der Waals surface area contributed by atoms with Crippen molar-refractivity contribution in [1.82, 2.24) is 9.80 Å². The summed E-state index contributed by atoms with van der Waals surface area (Å²) in [6, 6.07) is 16.5. The van der Waals surface area contributed by atoms with E-state index in [2.05, 4.69) is 106 Å². The monoisotopic (exact) mass is 648 g/mol. The van der Waals surface area contributed by atoms with Crippen LogP contribution >= 0.6 is 0 Å². The van der Waals surface area contributed by atoms with Crippen molar-refractivity contribution in [3.8, 4) is 0 Å². The van der Waals surface area contributed by atoms with Crippen molar-refractivity contribution in [2.75, 3.05) is 33.8 Å². The molecule has 1 N–H and O–H groups in total. The van der Waals surface area contributed by atoms with E-state index >= 15 is 0 Å². The quantitative estimate of drug-likeness (QED) is 0.367. The normalized spacial score (nSPS) is 28.7. The van der Waals surface area contributed by atoms with Crippen molar-refractivity contribution >= 4 is 25.2 Å². The number of aliphatic hydroxyl groups is 1. The van der Waals surface area contributed by atoms with Gasteiger partial charge in [0.2, 0.25) is 0 Å². The van der Waals surface area contributed by atoms with Crippen molar-refractivity contribution in [3.63, 3.8) is 0 Å². The molecule has 2 aliphatic carbocycles. The molecular formula is C34H38B2FeN2O6+2. The standard InChI is InChI=1S/C34H38B2N2O6.Fe/c1-37(19-24-9-3-4-10-24)21-26-15-17-28(18-16-26)35-43-33-32-31(40-34(33)44-35)30(23-39)41-36(42-32)29-14-8-7-13-27(29)22-38(2)20-25-11-5-6-12-25;/h3-18,30-34,39H,19-23H2,1-2H3;/q;+2/t30-,31-,32-,33-,34-;/m1./s1. The average molecular weight is 648 g/mol. The number of aliphatic hydroxyl groups excluding tert-OH is 1. The molecule has 5 fully saturated rings. The molecule has 0 aromatic heterocycles. The van der Waals surface area contributed by atoms with Crippen LogP contribution < -0.4 is 10.9 Å². The SMILES string of the molecule is CN(C[C]1[CH][CH][CH][CH]1)Cc1ccc(B2O[C@H]3O[C@H]4[C@@H](OB(c5ccccc5CN(C)C[C]5[CH][CH][CH][CH]5)O[C@@H]4CO)[C@H]3O2)cc1.[Fe+2].